The van der Waals surface area contributed by atoms with E-state index in [-0.39, 0.29) is 29.9 Å². The highest BCUT2D eigenvalue weighted by Gasteiger charge is 2.33. The molecule has 1 aliphatic rings. The predicted octanol–water partition coefficient (Wildman–Crippen LogP) is 2.68. The van der Waals surface area contributed by atoms with Crippen molar-refractivity contribution in [3.8, 4) is 0 Å². The molecule has 1 aromatic carbocycles. The van der Waals surface area contributed by atoms with Crippen molar-refractivity contribution in [3.05, 3.63) is 29.8 Å². The smallest absolute Gasteiger partial charge is 0.178 e. The number of hydrogen-bond acceptors (Lipinski definition) is 3. The molecule has 0 atom stereocenters. The fraction of sp³-hybridized carbons (Fsp3) is 0.571. The summed E-state index contributed by atoms with van der Waals surface area (Å²) in [7, 11) is -3.40. The summed E-state index contributed by atoms with van der Waals surface area (Å²) in [6.45, 7) is 2.65. The van der Waals surface area contributed by atoms with E-state index in [0.29, 0.717) is 13.2 Å². The van der Waals surface area contributed by atoms with Gasteiger partial charge in [0.15, 0.2) is 9.84 Å². The molecule has 1 saturated heterocycles. The second kappa shape index (κ2) is 5.59. The number of aryl methyl sites for hydroxylation is 1. The molecule has 19 heavy (non-hydrogen) atoms. The van der Waals surface area contributed by atoms with Gasteiger partial charge >= 0.3 is 0 Å². The molecule has 1 aliphatic heterocycles. The lowest BCUT2D eigenvalue weighted by Gasteiger charge is -2.29. The van der Waals surface area contributed by atoms with Crippen LogP contribution in [-0.2, 0) is 14.6 Å². The summed E-state index contributed by atoms with van der Waals surface area (Å²) in [6, 6.07) is 6.68. The van der Waals surface area contributed by atoms with Gasteiger partial charge in [-0.3, -0.25) is 0 Å². The Morgan fingerprint density at radius 1 is 1.21 bits per heavy atom. The standard InChI is InChI=1S/C14H19FO3S/c1-12-2-4-13(5-3-12)19(16,17)11-8-14(15)6-9-18-10-7-14/h2-5H,6-11H2,1H3. The van der Waals surface area contributed by atoms with Gasteiger partial charge in [0.25, 0.3) is 0 Å². The maximum absolute atomic E-state index is 14.3. The summed E-state index contributed by atoms with van der Waals surface area (Å²) in [4.78, 5) is 0.272. The molecule has 3 nitrogen and oxygen atoms in total. The summed E-state index contributed by atoms with van der Waals surface area (Å²) in [5, 5.41) is 0. The van der Waals surface area contributed by atoms with Crippen molar-refractivity contribution < 1.29 is 17.5 Å². The minimum Gasteiger partial charge on any atom is -0.381 e. The van der Waals surface area contributed by atoms with Crippen LogP contribution in [0.5, 0.6) is 0 Å². The molecule has 0 N–H and O–H groups in total. The molecule has 0 radical (unpaired) electrons. The van der Waals surface area contributed by atoms with Gasteiger partial charge in [0.05, 0.1) is 10.6 Å². The van der Waals surface area contributed by atoms with Gasteiger partial charge in [-0.05, 0) is 25.5 Å². The first-order valence-electron chi connectivity index (χ1n) is 6.47. The van der Waals surface area contributed by atoms with Crippen molar-refractivity contribution in [1.29, 1.82) is 0 Å². The van der Waals surface area contributed by atoms with Crippen molar-refractivity contribution >= 4 is 9.84 Å². The van der Waals surface area contributed by atoms with Gasteiger partial charge in [0.1, 0.15) is 5.67 Å². The summed E-state index contributed by atoms with van der Waals surface area (Å²) >= 11 is 0. The van der Waals surface area contributed by atoms with Crippen LogP contribution in [-0.4, -0.2) is 33.1 Å². The van der Waals surface area contributed by atoms with Crippen molar-refractivity contribution in [2.24, 2.45) is 0 Å². The van der Waals surface area contributed by atoms with Crippen LogP contribution in [0.25, 0.3) is 0 Å². The molecule has 1 heterocycles. The van der Waals surface area contributed by atoms with Gasteiger partial charge < -0.3 is 4.74 Å². The molecule has 0 amide bonds. The molecule has 0 spiro atoms. The Morgan fingerprint density at radius 3 is 2.37 bits per heavy atom. The van der Waals surface area contributed by atoms with E-state index in [1.807, 2.05) is 6.92 Å². The third-order valence-electron chi connectivity index (χ3n) is 3.59. The number of rotatable bonds is 4. The molecule has 0 saturated carbocycles. The van der Waals surface area contributed by atoms with Crippen LogP contribution in [0, 0.1) is 6.92 Å². The lowest BCUT2D eigenvalue weighted by atomic mass is 9.94. The third kappa shape index (κ3) is 3.76. The first-order chi connectivity index (χ1) is 8.91. The molecular formula is C14H19FO3S. The zero-order chi connectivity index (χ0) is 13.9. The lowest BCUT2D eigenvalue weighted by molar-refractivity contribution is -0.00998. The van der Waals surface area contributed by atoms with Gasteiger partial charge in [-0.15, -0.1) is 0 Å². The number of sulfone groups is 1. The predicted molar refractivity (Wildman–Crippen MR) is 71.7 cm³/mol. The molecule has 0 aromatic heterocycles. The first-order valence-corrected chi connectivity index (χ1v) is 8.13. The first kappa shape index (κ1) is 14.5. The Bertz CT molecular complexity index is 516. The van der Waals surface area contributed by atoms with E-state index >= 15 is 0 Å². The Balaban J connectivity index is 2.03. The minimum atomic E-state index is -3.40. The largest absolute Gasteiger partial charge is 0.381 e. The summed E-state index contributed by atoms with van der Waals surface area (Å²) < 4.78 is 43.7. The number of halogens is 1. The minimum absolute atomic E-state index is 0.0482. The number of ether oxygens (including phenoxy) is 1. The SMILES string of the molecule is Cc1ccc(S(=O)(=O)CCC2(F)CCOCC2)cc1. The topological polar surface area (TPSA) is 43.4 Å². The quantitative estimate of drug-likeness (QED) is 0.854. The fourth-order valence-electron chi connectivity index (χ4n) is 2.17. The summed E-state index contributed by atoms with van der Waals surface area (Å²) in [6.07, 6.45) is 0.624. The van der Waals surface area contributed by atoms with E-state index in [9.17, 15) is 12.8 Å². The number of benzene rings is 1. The molecule has 0 aliphatic carbocycles. The van der Waals surface area contributed by atoms with Gasteiger partial charge in [0.2, 0.25) is 0 Å². The number of alkyl halides is 1. The Labute approximate surface area is 113 Å². The zero-order valence-electron chi connectivity index (χ0n) is 11.1. The fourth-order valence-corrected chi connectivity index (χ4v) is 3.59. The van der Waals surface area contributed by atoms with Gasteiger partial charge in [0, 0.05) is 26.1 Å². The number of hydrogen-bond donors (Lipinski definition) is 0. The summed E-state index contributed by atoms with van der Waals surface area (Å²) in [5.74, 6) is -0.146. The summed E-state index contributed by atoms with van der Waals surface area (Å²) in [5.41, 5.74) is -0.388. The van der Waals surface area contributed by atoms with E-state index < -0.39 is 15.5 Å². The van der Waals surface area contributed by atoms with Crippen molar-refractivity contribution in [1.82, 2.24) is 0 Å². The molecule has 1 aromatic rings. The van der Waals surface area contributed by atoms with Crippen LogP contribution in [0.1, 0.15) is 24.8 Å². The van der Waals surface area contributed by atoms with E-state index in [0.717, 1.165) is 5.56 Å². The van der Waals surface area contributed by atoms with Crippen LogP contribution >= 0.6 is 0 Å². The van der Waals surface area contributed by atoms with E-state index in [4.69, 9.17) is 4.74 Å². The second-order valence-electron chi connectivity index (χ2n) is 5.15. The van der Waals surface area contributed by atoms with Crippen LogP contribution in [0.3, 0.4) is 0 Å². The van der Waals surface area contributed by atoms with Crippen LogP contribution < -0.4 is 0 Å². The average Bonchev–Trinajstić information content (AvgIpc) is 2.38. The third-order valence-corrected chi connectivity index (χ3v) is 5.32. The Kier molecular flexibility index (Phi) is 4.26. The molecule has 0 unspecified atom stereocenters. The molecule has 106 valence electrons. The second-order valence-corrected chi connectivity index (χ2v) is 7.25. The van der Waals surface area contributed by atoms with Crippen LogP contribution in [0.2, 0.25) is 0 Å². The van der Waals surface area contributed by atoms with Crippen molar-refractivity contribution in [3.63, 3.8) is 0 Å². The Morgan fingerprint density at radius 2 is 1.79 bits per heavy atom. The highest BCUT2D eigenvalue weighted by atomic mass is 32.2. The molecule has 0 bridgehead atoms. The monoisotopic (exact) mass is 286 g/mol. The average molecular weight is 286 g/mol. The lowest BCUT2D eigenvalue weighted by Crippen LogP contribution is -2.33. The molecule has 5 heteroatoms. The highest BCUT2D eigenvalue weighted by molar-refractivity contribution is 7.91. The maximum Gasteiger partial charge on any atom is 0.178 e. The normalized spacial score (nSPS) is 19.3. The van der Waals surface area contributed by atoms with Crippen molar-refractivity contribution in [2.75, 3.05) is 19.0 Å². The Hall–Kier alpha value is -0.940. The van der Waals surface area contributed by atoms with E-state index in [1.54, 1.807) is 24.3 Å². The van der Waals surface area contributed by atoms with Gasteiger partial charge in [-0.25, -0.2) is 12.8 Å². The maximum atomic E-state index is 14.3. The van der Waals surface area contributed by atoms with E-state index in [2.05, 4.69) is 0 Å². The van der Waals surface area contributed by atoms with E-state index in [1.165, 1.54) is 0 Å². The molecule has 2 rings (SSSR count). The van der Waals surface area contributed by atoms with Crippen molar-refractivity contribution in [2.45, 2.75) is 36.8 Å². The van der Waals surface area contributed by atoms with Crippen LogP contribution in [0.15, 0.2) is 29.2 Å². The molecule has 1 fully saturated rings. The molecular weight excluding hydrogens is 267 g/mol. The van der Waals surface area contributed by atoms with Crippen LogP contribution in [0.4, 0.5) is 4.39 Å². The highest BCUT2D eigenvalue weighted by Crippen LogP contribution is 2.30. The van der Waals surface area contributed by atoms with Gasteiger partial charge in [-0.1, -0.05) is 17.7 Å². The zero-order valence-corrected chi connectivity index (χ0v) is 11.9. The van der Waals surface area contributed by atoms with Gasteiger partial charge in [-0.2, -0.15) is 0 Å².